The van der Waals surface area contributed by atoms with Crippen molar-refractivity contribution in [3.05, 3.63) is 66.8 Å². The fraction of sp³-hybridized carbons (Fsp3) is 0.200. The van der Waals surface area contributed by atoms with Gasteiger partial charge in [0.15, 0.2) is 0 Å². The number of nitrogens with zero attached hydrogens (tertiary/aromatic N) is 5. The number of amides is 2. The maximum atomic E-state index is 12.2. The molecule has 1 aromatic heterocycles. The lowest BCUT2D eigenvalue weighted by molar-refractivity contribution is -0.119. The van der Waals surface area contributed by atoms with Crippen LogP contribution in [0.4, 0.5) is 5.69 Å². The van der Waals surface area contributed by atoms with E-state index in [1.54, 1.807) is 23.2 Å². The van der Waals surface area contributed by atoms with Crippen LogP contribution in [0.3, 0.4) is 0 Å². The zero-order valence-corrected chi connectivity index (χ0v) is 15.0. The van der Waals surface area contributed by atoms with Crippen molar-refractivity contribution in [2.45, 2.75) is 19.4 Å². The summed E-state index contributed by atoms with van der Waals surface area (Å²) in [6.45, 7) is 0.618. The van der Waals surface area contributed by atoms with E-state index < -0.39 is 5.92 Å². The Balaban J connectivity index is 1.30. The highest BCUT2D eigenvalue weighted by Crippen LogP contribution is 2.18. The largest absolute Gasteiger partial charge is 0.326 e. The molecule has 1 aromatic carbocycles. The van der Waals surface area contributed by atoms with Crippen molar-refractivity contribution in [1.29, 1.82) is 0 Å². The highest BCUT2D eigenvalue weighted by Gasteiger charge is 2.26. The zero-order chi connectivity index (χ0) is 19.3. The summed E-state index contributed by atoms with van der Waals surface area (Å²) in [6, 6.07) is 7.54. The standard InChI is InChI=1S/C20H18N6O2/c27-19(10-9-18-24-17-4-2-1-3-16(17)20(28)25-18)23-15-7-5-14(6-8-15)11-26-13-21-12-22-26/h1-8,12-13,16H,9-11H2,(H,23,27). The molecule has 1 aliphatic heterocycles. The summed E-state index contributed by atoms with van der Waals surface area (Å²) in [5.41, 5.74) is 2.44. The third kappa shape index (κ3) is 4.17. The van der Waals surface area contributed by atoms with E-state index in [-0.39, 0.29) is 18.2 Å². The topological polar surface area (TPSA) is 102 Å². The minimum Gasteiger partial charge on any atom is -0.326 e. The van der Waals surface area contributed by atoms with E-state index in [0.29, 0.717) is 30.2 Å². The SMILES string of the molecule is O=C(CCC1=NC(=O)C2C=CC=CC2=N1)Nc1ccc(Cn2cncn2)cc1. The van der Waals surface area contributed by atoms with Crippen LogP contribution < -0.4 is 5.32 Å². The number of anilines is 1. The smallest absolute Gasteiger partial charge is 0.260 e. The number of benzene rings is 1. The molecule has 8 nitrogen and oxygen atoms in total. The molecule has 8 heteroatoms. The van der Waals surface area contributed by atoms with Gasteiger partial charge < -0.3 is 5.32 Å². The van der Waals surface area contributed by atoms with E-state index in [2.05, 4.69) is 25.4 Å². The summed E-state index contributed by atoms with van der Waals surface area (Å²) < 4.78 is 1.73. The Kier molecular flexibility index (Phi) is 5.01. The van der Waals surface area contributed by atoms with E-state index in [1.165, 1.54) is 6.33 Å². The number of amidine groups is 1. The second kappa shape index (κ2) is 7.91. The number of aromatic nitrogens is 3. The van der Waals surface area contributed by atoms with Crippen molar-refractivity contribution < 1.29 is 9.59 Å². The number of hydrogen-bond donors (Lipinski definition) is 1. The van der Waals surface area contributed by atoms with Gasteiger partial charge in [0.25, 0.3) is 5.91 Å². The molecule has 0 bridgehead atoms. The van der Waals surface area contributed by atoms with Gasteiger partial charge in [-0.15, -0.1) is 0 Å². The molecule has 1 unspecified atom stereocenters. The van der Waals surface area contributed by atoms with Gasteiger partial charge in [-0.05, 0) is 23.8 Å². The molecule has 140 valence electrons. The first kappa shape index (κ1) is 17.7. The Labute approximate surface area is 161 Å². The lowest BCUT2D eigenvalue weighted by atomic mass is 9.96. The molecule has 28 heavy (non-hydrogen) atoms. The van der Waals surface area contributed by atoms with Crippen LogP contribution in [0, 0.1) is 5.92 Å². The van der Waals surface area contributed by atoms with Crippen LogP contribution in [0.5, 0.6) is 0 Å². The lowest BCUT2D eigenvalue weighted by Gasteiger charge is -2.17. The van der Waals surface area contributed by atoms with Crippen molar-refractivity contribution in [2.24, 2.45) is 15.9 Å². The molecule has 1 N–H and O–H groups in total. The number of nitrogens with one attached hydrogen (secondary N) is 1. The van der Waals surface area contributed by atoms with Gasteiger partial charge in [0.05, 0.1) is 12.3 Å². The van der Waals surface area contributed by atoms with Gasteiger partial charge in [-0.3, -0.25) is 9.59 Å². The number of aliphatic imine (C=N–C) groups is 2. The first-order chi connectivity index (χ1) is 13.7. The lowest BCUT2D eigenvalue weighted by Crippen LogP contribution is -2.27. The molecule has 2 heterocycles. The predicted molar refractivity (Wildman–Crippen MR) is 105 cm³/mol. The number of carbonyl (C=O) groups excluding carboxylic acids is 2. The maximum absolute atomic E-state index is 12.2. The summed E-state index contributed by atoms with van der Waals surface area (Å²) in [5.74, 6) is -0.377. The molecule has 2 aliphatic rings. The molecule has 2 aromatic rings. The molecular weight excluding hydrogens is 356 g/mol. The van der Waals surface area contributed by atoms with Crippen LogP contribution >= 0.6 is 0 Å². The van der Waals surface area contributed by atoms with Crippen molar-refractivity contribution in [3.8, 4) is 0 Å². The highest BCUT2D eigenvalue weighted by molar-refractivity contribution is 6.21. The number of carbonyl (C=O) groups is 2. The minimum absolute atomic E-state index is 0.152. The van der Waals surface area contributed by atoms with Crippen LogP contribution in [-0.4, -0.2) is 38.1 Å². The van der Waals surface area contributed by atoms with E-state index in [4.69, 9.17) is 0 Å². The summed E-state index contributed by atoms with van der Waals surface area (Å²) in [4.78, 5) is 36.6. The number of hydrogen-bond acceptors (Lipinski definition) is 5. The normalized spacial score (nSPS) is 17.7. The Morgan fingerprint density at radius 3 is 2.79 bits per heavy atom. The van der Waals surface area contributed by atoms with Crippen LogP contribution in [0.25, 0.3) is 0 Å². The van der Waals surface area contributed by atoms with Crippen LogP contribution in [-0.2, 0) is 16.1 Å². The average molecular weight is 374 g/mol. The molecule has 2 amide bonds. The number of fused-ring (bicyclic) bond motifs is 1. The van der Waals surface area contributed by atoms with Gasteiger partial charge >= 0.3 is 0 Å². The molecule has 0 fully saturated rings. The van der Waals surface area contributed by atoms with Crippen molar-refractivity contribution in [2.75, 3.05) is 5.32 Å². The quantitative estimate of drug-likeness (QED) is 0.837. The van der Waals surface area contributed by atoms with Gasteiger partial charge in [-0.25, -0.2) is 14.7 Å². The Bertz CT molecular complexity index is 1000. The molecule has 0 saturated carbocycles. The van der Waals surface area contributed by atoms with Gasteiger partial charge in [-0.2, -0.15) is 10.1 Å². The average Bonchev–Trinajstić information content (AvgIpc) is 3.21. The van der Waals surface area contributed by atoms with Gasteiger partial charge in [0, 0.05) is 18.5 Å². The molecule has 1 atom stereocenters. The summed E-state index contributed by atoms with van der Waals surface area (Å²) in [7, 11) is 0. The number of allylic oxidation sites excluding steroid dienone is 3. The molecule has 4 rings (SSSR count). The first-order valence-electron chi connectivity index (χ1n) is 8.93. The monoisotopic (exact) mass is 374 g/mol. The fourth-order valence-corrected chi connectivity index (χ4v) is 2.97. The van der Waals surface area contributed by atoms with Gasteiger partial charge in [0.2, 0.25) is 5.91 Å². The van der Waals surface area contributed by atoms with Gasteiger partial charge in [-0.1, -0.05) is 30.4 Å². The Morgan fingerprint density at radius 2 is 2.00 bits per heavy atom. The van der Waals surface area contributed by atoms with Crippen molar-refractivity contribution >= 4 is 29.0 Å². The Hall–Kier alpha value is -3.68. The third-order valence-corrected chi connectivity index (χ3v) is 4.39. The minimum atomic E-state index is -0.390. The van der Waals surface area contributed by atoms with E-state index in [1.807, 2.05) is 36.4 Å². The highest BCUT2D eigenvalue weighted by atomic mass is 16.2. The molecule has 0 radical (unpaired) electrons. The van der Waals surface area contributed by atoms with E-state index >= 15 is 0 Å². The summed E-state index contributed by atoms with van der Waals surface area (Å²) >= 11 is 0. The third-order valence-electron chi connectivity index (χ3n) is 4.39. The molecule has 1 aliphatic carbocycles. The summed E-state index contributed by atoms with van der Waals surface area (Å²) in [5, 5.41) is 6.91. The molecular formula is C20H18N6O2. The summed E-state index contributed by atoms with van der Waals surface area (Å²) in [6.07, 6.45) is 10.9. The van der Waals surface area contributed by atoms with E-state index in [9.17, 15) is 9.59 Å². The maximum Gasteiger partial charge on any atom is 0.260 e. The van der Waals surface area contributed by atoms with Crippen LogP contribution in [0.1, 0.15) is 18.4 Å². The molecule has 0 spiro atoms. The zero-order valence-electron chi connectivity index (χ0n) is 15.0. The molecule has 0 saturated heterocycles. The predicted octanol–water partition coefficient (Wildman–Crippen LogP) is 2.17. The fourth-order valence-electron chi connectivity index (χ4n) is 2.97. The van der Waals surface area contributed by atoms with Crippen LogP contribution in [0.15, 0.2) is 71.2 Å². The van der Waals surface area contributed by atoms with E-state index in [0.717, 1.165) is 5.56 Å². The first-order valence-corrected chi connectivity index (χ1v) is 8.93. The van der Waals surface area contributed by atoms with Crippen LogP contribution in [0.2, 0.25) is 0 Å². The second-order valence-electron chi connectivity index (χ2n) is 6.46. The van der Waals surface area contributed by atoms with Gasteiger partial charge in [0.1, 0.15) is 24.4 Å². The number of rotatable bonds is 6. The van der Waals surface area contributed by atoms with Crippen molar-refractivity contribution in [3.63, 3.8) is 0 Å². The van der Waals surface area contributed by atoms with Crippen molar-refractivity contribution in [1.82, 2.24) is 14.8 Å². The Morgan fingerprint density at radius 1 is 1.14 bits per heavy atom. The second-order valence-corrected chi connectivity index (χ2v) is 6.46.